The van der Waals surface area contributed by atoms with Crippen molar-refractivity contribution < 1.29 is 0 Å². The Morgan fingerprint density at radius 2 is 1.77 bits per heavy atom. The number of fused-ring (bicyclic) bond motifs is 6. The van der Waals surface area contributed by atoms with Gasteiger partial charge >= 0.3 is 0 Å². The molecule has 0 bridgehead atoms. The summed E-state index contributed by atoms with van der Waals surface area (Å²) in [7, 11) is 0. The highest BCUT2D eigenvalue weighted by molar-refractivity contribution is 7.96. The molecule has 1 N–H and O–H groups in total. The lowest BCUT2D eigenvalue weighted by molar-refractivity contribution is 0.499. The van der Waals surface area contributed by atoms with Crippen LogP contribution < -0.4 is 4.72 Å². The van der Waals surface area contributed by atoms with Gasteiger partial charge in [0.2, 0.25) is 0 Å². The second-order valence-electron chi connectivity index (χ2n) is 6.67. The van der Waals surface area contributed by atoms with Gasteiger partial charge < -0.3 is 0 Å². The molecule has 0 saturated heterocycles. The molecule has 22 heavy (non-hydrogen) atoms. The SMILES string of the molecule is CCC(C)(C)c1cccc2c1C1NSN=C1c1ccccc1-2. The molecular formula is C19H20N2S. The highest BCUT2D eigenvalue weighted by Gasteiger charge is 2.37. The Bertz CT molecular complexity index is 777. The van der Waals surface area contributed by atoms with Gasteiger partial charge in [0.1, 0.15) is 0 Å². The topological polar surface area (TPSA) is 24.4 Å². The van der Waals surface area contributed by atoms with Gasteiger partial charge in [0, 0.05) is 5.56 Å². The Hall–Kier alpha value is -1.58. The summed E-state index contributed by atoms with van der Waals surface area (Å²) in [5.41, 5.74) is 8.12. The lowest BCUT2D eigenvalue weighted by Gasteiger charge is -2.33. The van der Waals surface area contributed by atoms with Crippen LogP contribution in [0.5, 0.6) is 0 Å². The van der Waals surface area contributed by atoms with Crippen molar-refractivity contribution in [3.8, 4) is 11.1 Å². The molecule has 0 radical (unpaired) electrons. The first kappa shape index (κ1) is 14.0. The predicted octanol–water partition coefficient (Wildman–Crippen LogP) is 5.05. The van der Waals surface area contributed by atoms with Crippen molar-refractivity contribution in [1.29, 1.82) is 0 Å². The number of nitrogens with one attached hydrogen (secondary N) is 1. The average Bonchev–Trinajstić information content (AvgIpc) is 3.04. The van der Waals surface area contributed by atoms with Crippen molar-refractivity contribution in [3.63, 3.8) is 0 Å². The van der Waals surface area contributed by atoms with Crippen LogP contribution in [0.4, 0.5) is 0 Å². The summed E-state index contributed by atoms with van der Waals surface area (Å²) in [6.07, 6.45) is 1.12. The van der Waals surface area contributed by atoms with E-state index in [0.717, 1.165) is 6.42 Å². The number of benzene rings is 2. The van der Waals surface area contributed by atoms with E-state index in [1.54, 1.807) is 0 Å². The molecule has 0 amide bonds. The maximum absolute atomic E-state index is 4.67. The smallest absolute Gasteiger partial charge is 0.0882 e. The summed E-state index contributed by atoms with van der Waals surface area (Å²) in [4.78, 5) is 0. The minimum Gasteiger partial charge on any atom is -0.231 e. The summed E-state index contributed by atoms with van der Waals surface area (Å²) in [6.45, 7) is 6.94. The lowest BCUT2D eigenvalue weighted by Crippen LogP contribution is -2.29. The zero-order valence-electron chi connectivity index (χ0n) is 13.2. The quantitative estimate of drug-likeness (QED) is 0.785. The van der Waals surface area contributed by atoms with Crippen LogP contribution in [0.1, 0.15) is 49.9 Å². The van der Waals surface area contributed by atoms with Crippen LogP contribution in [0, 0.1) is 0 Å². The Morgan fingerprint density at radius 3 is 2.55 bits per heavy atom. The van der Waals surface area contributed by atoms with Crippen LogP contribution in [0.25, 0.3) is 11.1 Å². The number of hydrogen-bond donors (Lipinski definition) is 1. The standard InChI is InChI=1S/C19H20N2S/c1-4-19(2,3)15-11-7-10-13-12-8-5-6-9-14(12)17-18(16(13)15)21-22-20-17/h5-11,18,21H,4H2,1-3H3. The molecule has 4 rings (SSSR count). The fourth-order valence-corrected chi connectivity index (χ4v) is 4.16. The Labute approximate surface area is 136 Å². The Balaban J connectivity index is 2.05. The Morgan fingerprint density at radius 1 is 1.05 bits per heavy atom. The summed E-state index contributed by atoms with van der Waals surface area (Å²) >= 11 is 1.47. The van der Waals surface area contributed by atoms with Gasteiger partial charge in [-0.15, -0.1) is 0 Å². The molecule has 3 heteroatoms. The number of rotatable bonds is 2. The van der Waals surface area contributed by atoms with E-state index in [9.17, 15) is 0 Å². The molecule has 112 valence electrons. The monoisotopic (exact) mass is 308 g/mol. The van der Waals surface area contributed by atoms with Gasteiger partial charge in [-0.25, -0.2) is 9.12 Å². The first-order chi connectivity index (χ1) is 10.6. The molecule has 1 atom stereocenters. The van der Waals surface area contributed by atoms with E-state index in [0.29, 0.717) is 0 Å². The molecule has 1 aliphatic carbocycles. The number of hydrogen-bond acceptors (Lipinski definition) is 3. The molecule has 2 aromatic carbocycles. The fraction of sp³-hybridized carbons (Fsp3) is 0.316. The summed E-state index contributed by atoms with van der Waals surface area (Å²) in [5.74, 6) is 0. The van der Waals surface area contributed by atoms with Gasteiger partial charge in [-0.3, -0.25) is 0 Å². The van der Waals surface area contributed by atoms with Crippen molar-refractivity contribution in [2.45, 2.75) is 38.6 Å². The van der Waals surface area contributed by atoms with E-state index in [2.05, 4.69) is 72.4 Å². The molecule has 0 spiro atoms. The third-order valence-corrected chi connectivity index (χ3v) is 5.72. The maximum Gasteiger partial charge on any atom is 0.0882 e. The van der Waals surface area contributed by atoms with Crippen molar-refractivity contribution >= 4 is 17.8 Å². The molecule has 0 fully saturated rings. The average molecular weight is 308 g/mol. The van der Waals surface area contributed by atoms with Crippen molar-refractivity contribution in [2.24, 2.45) is 4.40 Å². The highest BCUT2D eigenvalue weighted by atomic mass is 32.2. The fourth-order valence-electron chi connectivity index (χ4n) is 3.47. The number of nitrogens with zero attached hydrogens (tertiary/aromatic N) is 1. The second-order valence-corrected chi connectivity index (χ2v) is 7.27. The zero-order valence-corrected chi connectivity index (χ0v) is 14.0. The van der Waals surface area contributed by atoms with Crippen LogP contribution in [-0.4, -0.2) is 5.71 Å². The van der Waals surface area contributed by atoms with Gasteiger partial charge in [0.25, 0.3) is 0 Å². The molecule has 0 aromatic heterocycles. The van der Waals surface area contributed by atoms with Gasteiger partial charge in [-0.2, -0.15) is 0 Å². The van der Waals surface area contributed by atoms with Crippen molar-refractivity contribution in [3.05, 3.63) is 59.2 Å². The molecule has 2 aromatic rings. The maximum atomic E-state index is 4.67. The van der Waals surface area contributed by atoms with Crippen molar-refractivity contribution in [1.82, 2.24) is 4.72 Å². The van der Waals surface area contributed by atoms with E-state index in [1.165, 1.54) is 45.7 Å². The molecule has 1 aliphatic heterocycles. The van der Waals surface area contributed by atoms with Crippen molar-refractivity contribution in [2.75, 3.05) is 0 Å². The zero-order chi connectivity index (χ0) is 15.3. The van der Waals surface area contributed by atoms with Crippen LogP contribution in [0.3, 0.4) is 0 Å². The van der Waals surface area contributed by atoms with E-state index in [-0.39, 0.29) is 11.5 Å². The van der Waals surface area contributed by atoms with Crippen LogP contribution >= 0.6 is 12.1 Å². The van der Waals surface area contributed by atoms with Gasteiger partial charge in [0.15, 0.2) is 0 Å². The van der Waals surface area contributed by atoms with E-state index in [1.807, 2.05) is 0 Å². The minimum atomic E-state index is 0.164. The lowest BCUT2D eigenvalue weighted by atomic mass is 9.72. The molecule has 2 aliphatic rings. The first-order valence-electron chi connectivity index (χ1n) is 7.86. The van der Waals surface area contributed by atoms with E-state index >= 15 is 0 Å². The van der Waals surface area contributed by atoms with E-state index < -0.39 is 0 Å². The first-order valence-corrected chi connectivity index (χ1v) is 8.63. The predicted molar refractivity (Wildman–Crippen MR) is 95.2 cm³/mol. The highest BCUT2D eigenvalue weighted by Crippen LogP contribution is 2.46. The molecule has 1 heterocycles. The second kappa shape index (κ2) is 4.97. The molecule has 0 saturated carbocycles. The Kier molecular flexibility index (Phi) is 3.17. The molecule has 2 nitrogen and oxygen atoms in total. The van der Waals surface area contributed by atoms with E-state index in [4.69, 9.17) is 0 Å². The molecular weight excluding hydrogens is 288 g/mol. The minimum absolute atomic E-state index is 0.164. The third-order valence-electron chi connectivity index (χ3n) is 5.09. The van der Waals surface area contributed by atoms with Gasteiger partial charge in [-0.1, -0.05) is 63.2 Å². The summed E-state index contributed by atoms with van der Waals surface area (Å²) < 4.78 is 8.17. The molecule has 1 unspecified atom stereocenters. The third kappa shape index (κ3) is 1.89. The normalized spacial score (nSPS) is 19.2. The van der Waals surface area contributed by atoms with Crippen LogP contribution in [-0.2, 0) is 5.41 Å². The summed E-state index contributed by atoms with van der Waals surface area (Å²) in [5, 5.41) is 0. The summed E-state index contributed by atoms with van der Waals surface area (Å²) in [6, 6.07) is 15.6. The van der Waals surface area contributed by atoms with Crippen LogP contribution in [0.2, 0.25) is 0 Å². The van der Waals surface area contributed by atoms with Gasteiger partial charge in [0.05, 0.1) is 23.9 Å². The largest absolute Gasteiger partial charge is 0.231 e. The van der Waals surface area contributed by atoms with Crippen LogP contribution in [0.15, 0.2) is 46.9 Å². The van der Waals surface area contributed by atoms with Gasteiger partial charge in [-0.05, 0) is 34.1 Å².